The summed E-state index contributed by atoms with van der Waals surface area (Å²) in [4.78, 5) is 43.5. The Morgan fingerprint density at radius 1 is 0.966 bits per heavy atom. The average molecular weight is 390 g/mol. The minimum atomic E-state index is -0.623. The second kappa shape index (κ2) is 6.81. The Morgan fingerprint density at radius 3 is 2.34 bits per heavy atom. The number of anilines is 1. The highest BCUT2D eigenvalue weighted by Crippen LogP contribution is 2.48. The summed E-state index contributed by atoms with van der Waals surface area (Å²) >= 11 is 0. The van der Waals surface area contributed by atoms with Gasteiger partial charge in [-0.1, -0.05) is 30.3 Å². The average Bonchev–Trinajstić information content (AvgIpc) is 3.40. The van der Waals surface area contributed by atoms with E-state index >= 15 is 0 Å². The molecule has 0 aromatic heterocycles. The van der Waals surface area contributed by atoms with E-state index in [1.54, 1.807) is 43.5 Å². The van der Waals surface area contributed by atoms with Crippen LogP contribution in [0.25, 0.3) is 0 Å². The molecule has 6 heteroatoms. The Morgan fingerprint density at radius 2 is 1.66 bits per heavy atom. The van der Waals surface area contributed by atoms with Gasteiger partial charge in [0.15, 0.2) is 5.78 Å². The van der Waals surface area contributed by atoms with Crippen LogP contribution >= 0.6 is 0 Å². The number of hydrogen-bond donors (Lipinski definition) is 0. The lowest BCUT2D eigenvalue weighted by Crippen LogP contribution is -2.46. The van der Waals surface area contributed by atoms with E-state index in [0.717, 1.165) is 19.4 Å². The molecule has 0 bridgehead atoms. The van der Waals surface area contributed by atoms with Gasteiger partial charge in [0.2, 0.25) is 11.8 Å². The number of ketones is 1. The van der Waals surface area contributed by atoms with Crippen LogP contribution in [-0.4, -0.2) is 48.2 Å². The predicted molar refractivity (Wildman–Crippen MR) is 107 cm³/mol. The first-order valence-corrected chi connectivity index (χ1v) is 9.98. The molecule has 148 valence electrons. The third kappa shape index (κ3) is 2.63. The van der Waals surface area contributed by atoms with Gasteiger partial charge in [0, 0.05) is 11.6 Å². The van der Waals surface area contributed by atoms with Crippen LogP contribution in [0, 0.1) is 11.8 Å². The second-order valence-electron chi connectivity index (χ2n) is 7.88. The van der Waals surface area contributed by atoms with E-state index in [1.165, 1.54) is 4.90 Å². The summed E-state index contributed by atoms with van der Waals surface area (Å²) in [7, 11) is 1.57. The summed E-state index contributed by atoms with van der Waals surface area (Å²) < 4.78 is 5.17. The van der Waals surface area contributed by atoms with Gasteiger partial charge < -0.3 is 4.74 Å². The summed E-state index contributed by atoms with van der Waals surface area (Å²) in [5.74, 6) is -0.943. The molecule has 3 aliphatic rings. The van der Waals surface area contributed by atoms with Crippen molar-refractivity contribution in [3.05, 3.63) is 60.2 Å². The Balaban J connectivity index is 1.53. The van der Waals surface area contributed by atoms with Gasteiger partial charge in [-0.3, -0.25) is 19.3 Å². The molecule has 2 aromatic rings. The molecule has 29 heavy (non-hydrogen) atoms. The van der Waals surface area contributed by atoms with Gasteiger partial charge in [0.05, 0.1) is 30.7 Å². The maximum atomic E-state index is 13.4. The fourth-order valence-electron chi connectivity index (χ4n) is 5.27. The minimum Gasteiger partial charge on any atom is -0.497 e. The molecule has 0 unspecified atom stereocenters. The smallest absolute Gasteiger partial charge is 0.239 e. The molecule has 3 aliphatic heterocycles. The lowest BCUT2D eigenvalue weighted by Gasteiger charge is -2.27. The molecule has 3 heterocycles. The fourth-order valence-corrected chi connectivity index (χ4v) is 5.27. The number of carbonyl (C=O) groups excluding carboxylic acids is 3. The van der Waals surface area contributed by atoms with Gasteiger partial charge in [-0.05, 0) is 43.7 Å². The number of benzene rings is 2. The predicted octanol–water partition coefficient (Wildman–Crippen LogP) is 2.53. The van der Waals surface area contributed by atoms with Crippen molar-refractivity contribution < 1.29 is 19.1 Å². The number of ether oxygens (including phenoxy) is 1. The lowest BCUT2D eigenvalue weighted by molar-refractivity contribution is -0.123. The molecule has 0 aliphatic carbocycles. The number of hydrogen-bond acceptors (Lipinski definition) is 5. The quantitative estimate of drug-likeness (QED) is 0.593. The molecular weight excluding hydrogens is 368 g/mol. The first-order chi connectivity index (χ1) is 14.1. The van der Waals surface area contributed by atoms with Crippen LogP contribution in [-0.2, 0) is 9.59 Å². The van der Waals surface area contributed by atoms with E-state index in [2.05, 4.69) is 4.90 Å². The number of carbonyl (C=O) groups is 3. The van der Waals surface area contributed by atoms with Crippen LogP contribution in [0.1, 0.15) is 23.2 Å². The van der Waals surface area contributed by atoms with Gasteiger partial charge in [0.1, 0.15) is 5.75 Å². The SMILES string of the molecule is COc1ccc(N2C(=O)[C@@H]3[C@H](C2=O)[C@@H]2CCCN2[C@@H]3C(=O)c2ccccc2)cc1. The molecule has 3 saturated heterocycles. The number of Topliss-reactive ketones (excluding diaryl/α,β-unsaturated/α-hetero) is 1. The van der Waals surface area contributed by atoms with E-state index in [1.807, 2.05) is 18.2 Å². The molecule has 6 nitrogen and oxygen atoms in total. The summed E-state index contributed by atoms with van der Waals surface area (Å²) in [5, 5.41) is 0. The van der Waals surface area contributed by atoms with Crippen molar-refractivity contribution in [2.75, 3.05) is 18.6 Å². The van der Waals surface area contributed by atoms with Crippen LogP contribution in [0.3, 0.4) is 0 Å². The third-order valence-electron chi connectivity index (χ3n) is 6.51. The minimum absolute atomic E-state index is 0.0441. The normalized spacial score (nSPS) is 28.5. The van der Waals surface area contributed by atoms with Crippen molar-refractivity contribution in [1.29, 1.82) is 0 Å². The monoisotopic (exact) mass is 390 g/mol. The first kappa shape index (κ1) is 18.1. The van der Waals surface area contributed by atoms with Gasteiger partial charge in [0.25, 0.3) is 0 Å². The molecule has 2 amide bonds. The van der Waals surface area contributed by atoms with Crippen molar-refractivity contribution in [3.8, 4) is 5.75 Å². The third-order valence-corrected chi connectivity index (χ3v) is 6.51. The summed E-state index contributed by atoms with van der Waals surface area (Å²) in [6.45, 7) is 0.754. The van der Waals surface area contributed by atoms with Gasteiger partial charge in [-0.25, -0.2) is 4.90 Å². The standard InChI is InChI=1S/C23H22N2O4/c1-29-16-11-9-15(10-12-16)25-22(27)18-17-8-5-13-24(17)20(19(18)23(25)28)21(26)14-6-3-2-4-7-14/h2-4,6-7,9-12,17-20H,5,8,13H2,1H3/t17-,18+,19+,20-/m0/s1. The Hall–Kier alpha value is -2.99. The van der Waals surface area contributed by atoms with E-state index in [9.17, 15) is 14.4 Å². The van der Waals surface area contributed by atoms with E-state index < -0.39 is 17.9 Å². The number of fused-ring (bicyclic) bond motifs is 3. The second-order valence-corrected chi connectivity index (χ2v) is 7.88. The van der Waals surface area contributed by atoms with Crippen molar-refractivity contribution >= 4 is 23.3 Å². The molecule has 5 rings (SSSR count). The highest BCUT2D eigenvalue weighted by atomic mass is 16.5. The van der Waals surface area contributed by atoms with Crippen LogP contribution in [0.15, 0.2) is 54.6 Å². The number of amides is 2. The van der Waals surface area contributed by atoms with Gasteiger partial charge in [-0.2, -0.15) is 0 Å². The van der Waals surface area contributed by atoms with Crippen LogP contribution in [0.5, 0.6) is 5.75 Å². The van der Waals surface area contributed by atoms with Crippen molar-refractivity contribution in [2.24, 2.45) is 11.8 Å². The van der Waals surface area contributed by atoms with Crippen LogP contribution < -0.4 is 9.64 Å². The zero-order chi connectivity index (χ0) is 20.1. The summed E-state index contributed by atoms with van der Waals surface area (Å²) in [6, 6.07) is 15.4. The first-order valence-electron chi connectivity index (χ1n) is 9.98. The highest BCUT2D eigenvalue weighted by molar-refractivity contribution is 6.24. The van der Waals surface area contributed by atoms with E-state index in [0.29, 0.717) is 17.0 Å². The van der Waals surface area contributed by atoms with Crippen LogP contribution in [0.2, 0.25) is 0 Å². The molecule has 0 saturated carbocycles. The molecule has 4 atom stereocenters. The van der Waals surface area contributed by atoms with Gasteiger partial charge in [-0.15, -0.1) is 0 Å². The summed E-state index contributed by atoms with van der Waals surface area (Å²) in [5.41, 5.74) is 1.12. The van der Waals surface area contributed by atoms with E-state index in [4.69, 9.17) is 4.74 Å². The molecule has 0 N–H and O–H groups in total. The maximum absolute atomic E-state index is 13.4. The number of nitrogens with zero attached hydrogens (tertiary/aromatic N) is 2. The highest BCUT2D eigenvalue weighted by Gasteiger charge is 2.64. The van der Waals surface area contributed by atoms with Gasteiger partial charge >= 0.3 is 0 Å². The molecule has 2 aromatic carbocycles. The Bertz CT molecular complexity index is 972. The fraction of sp³-hybridized carbons (Fsp3) is 0.348. The molecule has 3 fully saturated rings. The molecule has 0 radical (unpaired) electrons. The largest absolute Gasteiger partial charge is 0.497 e. The number of rotatable bonds is 4. The maximum Gasteiger partial charge on any atom is 0.239 e. The Labute approximate surface area is 169 Å². The topological polar surface area (TPSA) is 66.9 Å². The lowest BCUT2D eigenvalue weighted by atomic mass is 9.85. The zero-order valence-electron chi connectivity index (χ0n) is 16.2. The van der Waals surface area contributed by atoms with Crippen LogP contribution in [0.4, 0.5) is 5.69 Å². The Kier molecular flexibility index (Phi) is 4.24. The molecule has 0 spiro atoms. The van der Waals surface area contributed by atoms with E-state index in [-0.39, 0.29) is 23.6 Å². The zero-order valence-corrected chi connectivity index (χ0v) is 16.2. The summed E-state index contributed by atoms with van der Waals surface area (Å²) in [6.07, 6.45) is 1.78. The molecular formula is C23H22N2O4. The van der Waals surface area contributed by atoms with Crippen molar-refractivity contribution in [2.45, 2.75) is 24.9 Å². The number of methoxy groups -OCH3 is 1. The number of imide groups is 1. The van der Waals surface area contributed by atoms with Crippen molar-refractivity contribution in [1.82, 2.24) is 4.90 Å². The van der Waals surface area contributed by atoms with Crippen molar-refractivity contribution in [3.63, 3.8) is 0 Å².